The van der Waals surface area contributed by atoms with Crippen LogP contribution in [-0.2, 0) is 14.6 Å². The highest BCUT2D eigenvalue weighted by molar-refractivity contribution is 7.90. The fourth-order valence-electron chi connectivity index (χ4n) is 2.55. The first kappa shape index (κ1) is 15.8. The van der Waals surface area contributed by atoms with E-state index < -0.39 is 9.84 Å². The van der Waals surface area contributed by atoms with Crippen molar-refractivity contribution in [3.8, 4) is 5.75 Å². The Morgan fingerprint density at radius 2 is 2.10 bits per heavy atom. The second-order valence-corrected chi connectivity index (χ2v) is 7.58. The number of anilines is 1. The molecule has 4 N–H and O–H groups in total. The van der Waals surface area contributed by atoms with Gasteiger partial charge in [-0.1, -0.05) is 6.42 Å². The maximum atomic E-state index is 12.2. The molecular weight excluding hydrogens is 292 g/mol. The Morgan fingerprint density at radius 3 is 2.71 bits per heavy atom. The molecule has 0 radical (unpaired) electrons. The van der Waals surface area contributed by atoms with E-state index in [9.17, 15) is 18.3 Å². The number of sulfone groups is 1. The number of hydrogen-bond acceptors (Lipinski definition) is 5. The minimum Gasteiger partial charge on any atom is -0.506 e. The molecule has 0 aromatic heterocycles. The second kappa shape index (κ2) is 6.03. The van der Waals surface area contributed by atoms with Crippen molar-refractivity contribution in [2.75, 3.05) is 11.6 Å². The molecule has 1 saturated carbocycles. The number of phenolic OH excluding ortho intramolecular Hbond substituents is 1. The monoisotopic (exact) mass is 312 g/mol. The van der Waals surface area contributed by atoms with Crippen molar-refractivity contribution in [2.45, 2.75) is 36.6 Å². The molecule has 1 aliphatic carbocycles. The van der Waals surface area contributed by atoms with Crippen LogP contribution in [-0.4, -0.2) is 31.7 Å². The average molecular weight is 312 g/mol. The summed E-state index contributed by atoms with van der Waals surface area (Å²) in [4.78, 5) is 12.3. The van der Waals surface area contributed by atoms with Crippen LogP contribution in [0.5, 0.6) is 5.75 Å². The summed E-state index contributed by atoms with van der Waals surface area (Å²) in [5.74, 6) is -0.586. The molecular formula is C14H20N2O4S. The molecule has 1 aromatic carbocycles. The molecule has 1 aliphatic rings. The number of phenols is 1. The van der Waals surface area contributed by atoms with Crippen molar-refractivity contribution in [2.24, 2.45) is 11.7 Å². The highest BCUT2D eigenvalue weighted by Crippen LogP contribution is 2.29. The highest BCUT2D eigenvalue weighted by Gasteiger charge is 2.26. The Bertz CT molecular complexity index is 642. The van der Waals surface area contributed by atoms with Crippen LogP contribution in [0, 0.1) is 5.92 Å². The van der Waals surface area contributed by atoms with Crippen LogP contribution in [0.3, 0.4) is 0 Å². The van der Waals surface area contributed by atoms with Crippen molar-refractivity contribution in [1.82, 2.24) is 0 Å². The van der Waals surface area contributed by atoms with Crippen LogP contribution in [0.25, 0.3) is 0 Å². The SMILES string of the molecule is CS(=O)(=O)c1ccc(O)c(NC(=O)C2CCCC(N)C2)c1. The molecule has 0 spiro atoms. The number of nitrogens with two attached hydrogens (primary N) is 1. The third kappa shape index (κ3) is 3.95. The summed E-state index contributed by atoms with van der Waals surface area (Å²) in [6.07, 6.45) is 4.25. The van der Waals surface area contributed by atoms with E-state index in [0.717, 1.165) is 25.5 Å². The molecule has 6 nitrogen and oxygen atoms in total. The Balaban J connectivity index is 2.17. The smallest absolute Gasteiger partial charge is 0.227 e. The van der Waals surface area contributed by atoms with Gasteiger partial charge in [-0.3, -0.25) is 4.79 Å². The van der Waals surface area contributed by atoms with Crippen molar-refractivity contribution < 1.29 is 18.3 Å². The molecule has 21 heavy (non-hydrogen) atoms. The molecule has 0 aliphatic heterocycles. The minimum atomic E-state index is -3.39. The van der Waals surface area contributed by atoms with Crippen LogP contribution in [0.4, 0.5) is 5.69 Å². The van der Waals surface area contributed by atoms with E-state index in [1.165, 1.54) is 18.2 Å². The van der Waals surface area contributed by atoms with Gasteiger partial charge in [0.2, 0.25) is 5.91 Å². The summed E-state index contributed by atoms with van der Waals surface area (Å²) < 4.78 is 23.0. The summed E-state index contributed by atoms with van der Waals surface area (Å²) in [7, 11) is -3.39. The van der Waals surface area contributed by atoms with Gasteiger partial charge in [0.1, 0.15) is 5.75 Å². The Kier molecular flexibility index (Phi) is 4.53. The molecule has 7 heteroatoms. The van der Waals surface area contributed by atoms with Crippen molar-refractivity contribution in [3.63, 3.8) is 0 Å². The van der Waals surface area contributed by atoms with E-state index >= 15 is 0 Å². The number of aromatic hydroxyl groups is 1. The zero-order chi connectivity index (χ0) is 15.6. The number of rotatable bonds is 3. The van der Waals surface area contributed by atoms with Gasteiger partial charge in [0.05, 0.1) is 10.6 Å². The first-order valence-corrected chi connectivity index (χ1v) is 8.76. The molecule has 2 unspecified atom stereocenters. The quantitative estimate of drug-likeness (QED) is 0.728. The molecule has 0 saturated heterocycles. The fraction of sp³-hybridized carbons (Fsp3) is 0.500. The van der Waals surface area contributed by atoms with E-state index in [0.29, 0.717) is 6.42 Å². The van der Waals surface area contributed by atoms with Crippen LogP contribution in [0.2, 0.25) is 0 Å². The fourth-order valence-corrected chi connectivity index (χ4v) is 3.19. The van der Waals surface area contributed by atoms with Gasteiger partial charge in [0.15, 0.2) is 9.84 Å². The first-order chi connectivity index (χ1) is 9.77. The summed E-state index contributed by atoms with van der Waals surface area (Å²) in [6, 6.07) is 3.85. The number of nitrogens with one attached hydrogen (secondary N) is 1. The summed E-state index contributed by atoms with van der Waals surface area (Å²) in [5.41, 5.74) is 5.97. The van der Waals surface area contributed by atoms with Crippen LogP contribution in [0.15, 0.2) is 23.1 Å². The van der Waals surface area contributed by atoms with Crippen LogP contribution in [0.1, 0.15) is 25.7 Å². The standard InChI is InChI=1S/C14H20N2O4S/c1-21(19,20)11-5-6-13(17)12(8-11)16-14(18)9-3-2-4-10(15)7-9/h5-6,8-10,17H,2-4,7,15H2,1H3,(H,16,18). The lowest BCUT2D eigenvalue weighted by atomic mass is 9.85. The summed E-state index contributed by atoms with van der Waals surface area (Å²) in [6.45, 7) is 0. The maximum Gasteiger partial charge on any atom is 0.227 e. The normalized spacial score (nSPS) is 22.8. The zero-order valence-corrected chi connectivity index (χ0v) is 12.7. The second-order valence-electron chi connectivity index (χ2n) is 5.56. The largest absolute Gasteiger partial charge is 0.506 e. The number of benzene rings is 1. The zero-order valence-electron chi connectivity index (χ0n) is 11.9. The third-order valence-corrected chi connectivity index (χ3v) is 4.85. The van der Waals surface area contributed by atoms with E-state index in [4.69, 9.17) is 5.73 Å². The van der Waals surface area contributed by atoms with Gasteiger partial charge in [-0.2, -0.15) is 0 Å². The third-order valence-electron chi connectivity index (χ3n) is 3.74. The lowest BCUT2D eigenvalue weighted by Gasteiger charge is -2.25. The lowest BCUT2D eigenvalue weighted by molar-refractivity contribution is -0.120. The average Bonchev–Trinajstić information content (AvgIpc) is 2.40. The lowest BCUT2D eigenvalue weighted by Crippen LogP contribution is -2.34. The van der Waals surface area contributed by atoms with Gasteiger partial charge in [0, 0.05) is 18.2 Å². The molecule has 2 rings (SSSR count). The molecule has 1 fully saturated rings. The summed E-state index contributed by atoms with van der Waals surface area (Å²) >= 11 is 0. The van der Waals surface area contributed by atoms with E-state index in [1.54, 1.807) is 0 Å². The van der Waals surface area contributed by atoms with Gasteiger partial charge in [-0.05, 0) is 37.5 Å². The van der Waals surface area contributed by atoms with Gasteiger partial charge in [-0.25, -0.2) is 8.42 Å². The van der Waals surface area contributed by atoms with Gasteiger partial charge >= 0.3 is 0 Å². The number of amides is 1. The molecule has 0 heterocycles. The summed E-state index contributed by atoms with van der Waals surface area (Å²) in [5, 5.41) is 12.4. The first-order valence-electron chi connectivity index (χ1n) is 6.87. The molecule has 116 valence electrons. The van der Waals surface area contributed by atoms with Crippen molar-refractivity contribution in [3.05, 3.63) is 18.2 Å². The van der Waals surface area contributed by atoms with Crippen LogP contribution < -0.4 is 11.1 Å². The minimum absolute atomic E-state index is 0.0189. The predicted octanol–water partition coefficient (Wildman–Crippen LogP) is 1.25. The Hall–Kier alpha value is -1.60. The number of carbonyl (C=O) groups is 1. The maximum absolute atomic E-state index is 12.2. The topological polar surface area (TPSA) is 109 Å². The predicted molar refractivity (Wildman–Crippen MR) is 79.8 cm³/mol. The highest BCUT2D eigenvalue weighted by atomic mass is 32.2. The van der Waals surface area contributed by atoms with Crippen molar-refractivity contribution >= 4 is 21.4 Å². The number of carbonyl (C=O) groups excluding carboxylic acids is 1. The molecule has 1 amide bonds. The van der Waals surface area contributed by atoms with E-state index in [1.807, 2.05) is 0 Å². The van der Waals surface area contributed by atoms with Gasteiger partial charge in [0.25, 0.3) is 0 Å². The molecule has 1 aromatic rings. The molecule has 2 atom stereocenters. The van der Waals surface area contributed by atoms with E-state index in [2.05, 4.69) is 5.32 Å². The van der Waals surface area contributed by atoms with Crippen molar-refractivity contribution in [1.29, 1.82) is 0 Å². The molecule has 0 bridgehead atoms. The van der Waals surface area contributed by atoms with Gasteiger partial charge < -0.3 is 16.2 Å². The Morgan fingerprint density at radius 1 is 1.38 bits per heavy atom. The number of hydrogen-bond donors (Lipinski definition) is 3. The van der Waals surface area contributed by atoms with Crippen LogP contribution >= 0.6 is 0 Å². The Labute approximate surface area is 124 Å². The van der Waals surface area contributed by atoms with E-state index in [-0.39, 0.29) is 34.2 Å². The van der Waals surface area contributed by atoms with Gasteiger partial charge in [-0.15, -0.1) is 0 Å².